The molecule has 1 aliphatic rings. The van der Waals surface area contributed by atoms with E-state index in [9.17, 15) is 4.79 Å². The van der Waals surface area contributed by atoms with Gasteiger partial charge in [-0.25, -0.2) is 0 Å². The summed E-state index contributed by atoms with van der Waals surface area (Å²) in [6, 6.07) is 0. The van der Waals surface area contributed by atoms with Crippen molar-refractivity contribution in [2.45, 2.75) is 20.0 Å². The van der Waals surface area contributed by atoms with Crippen LogP contribution in [0, 0.1) is 5.92 Å². The van der Waals surface area contributed by atoms with Crippen LogP contribution in [0.2, 0.25) is 0 Å². The van der Waals surface area contributed by atoms with E-state index in [1.165, 1.54) is 0 Å². The molecule has 0 aromatic carbocycles. The van der Waals surface area contributed by atoms with Crippen molar-refractivity contribution < 1.29 is 14.3 Å². The highest BCUT2D eigenvalue weighted by Gasteiger charge is 2.31. The number of likely N-dealkylation sites (tertiary alicyclic amines) is 1. The van der Waals surface area contributed by atoms with E-state index in [4.69, 9.17) is 9.47 Å². The first-order chi connectivity index (χ1) is 6.65. The molecule has 0 unspecified atom stereocenters. The van der Waals surface area contributed by atoms with Gasteiger partial charge in [0.05, 0.1) is 19.3 Å². The molecule has 0 radical (unpaired) electrons. The van der Waals surface area contributed by atoms with Gasteiger partial charge in [0.2, 0.25) is 5.91 Å². The fourth-order valence-corrected chi connectivity index (χ4v) is 1.39. The second kappa shape index (κ2) is 5.32. The van der Waals surface area contributed by atoms with Crippen molar-refractivity contribution in [2.24, 2.45) is 5.92 Å². The summed E-state index contributed by atoms with van der Waals surface area (Å²) in [6.07, 6.45) is 0.216. The van der Waals surface area contributed by atoms with Crippen LogP contribution in [0.25, 0.3) is 0 Å². The number of amides is 1. The molecule has 1 amide bonds. The highest BCUT2D eigenvalue weighted by Crippen LogP contribution is 2.14. The maximum absolute atomic E-state index is 11.4. The van der Waals surface area contributed by atoms with Crippen LogP contribution in [0.15, 0.2) is 0 Å². The lowest BCUT2D eigenvalue weighted by atomic mass is 10.1. The minimum absolute atomic E-state index is 0.0925. The molecule has 4 heteroatoms. The fourth-order valence-electron chi connectivity index (χ4n) is 1.39. The molecular weight excluding hydrogens is 182 g/mol. The van der Waals surface area contributed by atoms with Crippen molar-refractivity contribution in [3.63, 3.8) is 0 Å². The van der Waals surface area contributed by atoms with Crippen molar-refractivity contribution in [2.75, 3.05) is 33.4 Å². The van der Waals surface area contributed by atoms with Gasteiger partial charge in [-0.05, 0) is 0 Å². The molecule has 1 saturated heterocycles. The van der Waals surface area contributed by atoms with Gasteiger partial charge in [0, 0.05) is 26.1 Å². The van der Waals surface area contributed by atoms with Crippen LogP contribution in [0.5, 0.6) is 0 Å². The third-order valence-electron chi connectivity index (χ3n) is 2.29. The van der Waals surface area contributed by atoms with E-state index < -0.39 is 0 Å². The van der Waals surface area contributed by atoms with Gasteiger partial charge in [-0.15, -0.1) is 0 Å². The molecule has 0 bridgehead atoms. The first-order valence-corrected chi connectivity index (χ1v) is 5.04. The number of ether oxygens (including phenoxy) is 2. The molecular formula is C10H19NO3. The van der Waals surface area contributed by atoms with Crippen LogP contribution in [0.1, 0.15) is 13.8 Å². The first kappa shape index (κ1) is 11.5. The number of methoxy groups -OCH3 is 1. The lowest BCUT2D eigenvalue weighted by Crippen LogP contribution is -2.56. The third-order valence-corrected chi connectivity index (χ3v) is 2.29. The molecule has 0 aromatic heterocycles. The van der Waals surface area contributed by atoms with Crippen LogP contribution in [0.3, 0.4) is 0 Å². The molecule has 1 fully saturated rings. The Morgan fingerprint density at radius 3 is 2.57 bits per heavy atom. The van der Waals surface area contributed by atoms with Crippen LogP contribution in [-0.2, 0) is 14.3 Å². The van der Waals surface area contributed by atoms with Gasteiger partial charge in [-0.2, -0.15) is 0 Å². The Morgan fingerprint density at radius 2 is 2.07 bits per heavy atom. The van der Waals surface area contributed by atoms with Crippen LogP contribution in [0.4, 0.5) is 0 Å². The number of hydrogen-bond donors (Lipinski definition) is 0. The molecule has 0 aliphatic carbocycles. The molecule has 4 nitrogen and oxygen atoms in total. The second-order valence-electron chi connectivity index (χ2n) is 3.88. The second-order valence-corrected chi connectivity index (χ2v) is 3.88. The van der Waals surface area contributed by atoms with E-state index in [-0.39, 0.29) is 17.9 Å². The zero-order valence-corrected chi connectivity index (χ0v) is 9.16. The summed E-state index contributed by atoms with van der Waals surface area (Å²) in [5, 5.41) is 0. The molecule has 0 aromatic rings. The predicted octanol–water partition coefficient (Wildman–Crippen LogP) is 0.516. The van der Waals surface area contributed by atoms with Gasteiger partial charge in [0.1, 0.15) is 0 Å². The highest BCUT2D eigenvalue weighted by atomic mass is 16.5. The zero-order chi connectivity index (χ0) is 10.6. The first-order valence-electron chi connectivity index (χ1n) is 5.04. The van der Waals surface area contributed by atoms with Crippen molar-refractivity contribution in [1.82, 2.24) is 4.90 Å². The van der Waals surface area contributed by atoms with Gasteiger partial charge in [0.25, 0.3) is 0 Å². The van der Waals surface area contributed by atoms with Gasteiger partial charge >= 0.3 is 0 Å². The van der Waals surface area contributed by atoms with Gasteiger partial charge < -0.3 is 14.4 Å². The summed E-state index contributed by atoms with van der Waals surface area (Å²) in [4.78, 5) is 13.3. The van der Waals surface area contributed by atoms with E-state index in [1.54, 1.807) is 7.11 Å². The number of carbonyl (C=O) groups excluding carboxylic acids is 1. The molecule has 1 rings (SSSR count). The summed E-state index contributed by atoms with van der Waals surface area (Å²) in [5.41, 5.74) is 0. The third kappa shape index (κ3) is 2.96. The number of nitrogens with zero attached hydrogens (tertiary/aromatic N) is 1. The molecule has 0 N–H and O–H groups in total. The molecule has 0 saturated carbocycles. The molecule has 1 aliphatic heterocycles. The standard InChI is InChI=1S/C10H19NO3/c1-8(2)10(12)11-6-9(7-11)14-5-4-13-3/h8-9H,4-7H2,1-3H3. The minimum Gasteiger partial charge on any atom is -0.382 e. The van der Waals surface area contributed by atoms with Crippen molar-refractivity contribution in [3.05, 3.63) is 0 Å². The van der Waals surface area contributed by atoms with Crippen LogP contribution in [-0.4, -0.2) is 50.3 Å². The topological polar surface area (TPSA) is 38.8 Å². The largest absolute Gasteiger partial charge is 0.382 e. The number of carbonyl (C=O) groups is 1. The van der Waals surface area contributed by atoms with E-state index in [1.807, 2.05) is 18.7 Å². The molecule has 0 spiro atoms. The average Bonchev–Trinajstić information content (AvgIpc) is 2.08. The van der Waals surface area contributed by atoms with Crippen molar-refractivity contribution in [3.8, 4) is 0 Å². The molecule has 82 valence electrons. The number of hydrogen-bond acceptors (Lipinski definition) is 3. The molecule has 0 atom stereocenters. The van der Waals surface area contributed by atoms with Crippen molar-refractivity contribution in [1.29, 1.82) is 0 Å². The van der Waals surface area contributed by atoms with Gasteiger partial charge in [0.15, 0.2) is 0 Å². The Bertz CT molecular complexity index is 188. The maximum atomic E-state index is 11.4. The SMILES string of the molecule is COCCOC1CN(C(=O)C(C)C)C1. The smallest absolute Gasteiger partial charge is 0.225 e. The van der Waals surface area contributed by atoms with E-state index in [0.29, 0.717) is 13.2 Å². The average molecular weight is 201 g/mol. The number of rotatable bonds is 5. The summed E-state index contributed by atoms with van der Waals surface area (Å²) < 4.78 is 10.3. The highest BCUT2D eigenvalue weighted by molar-refractivity contribution is 5.78. The normalized spacial score (nSPS) is 17.3. The lowest BCUT2D eigenvalue weighted by Gasteiger charge is -2.39. The van der Waals surface area contributed by atoms with Gasteiger partial charge in [-0.3, -0.25) is 4.79 Å². The zero-order valence-electron chi connectivity index (χ0n) is 9.16. The molecule has 1 heterocycles. The minimum atomic E-state index is 0.0925. The summed E-state index contributed by atoms with van der Waals surface area (Å²) in [7, 11) is 1.65. The van der Waals surface area contributed by atoms with E-state index in [0.717, 1.165) is 13.1 Å². The Kier molecular flexibility index (Phi) is 4.35. The Morgan fingerprint density at radius 1 is 1.43 bits per heavy atom. The Labute approximate surface area is 85.2 Å². The van der Waals surface area contributed by atoms with E-state index in [2.05, 4.69) is 0 Å². The maximum Gasteiger partial charge on any atom is 0.225 e. The predicted molar refractivity (Wildman–Crippen MR) is 53.0 cm³/mol. The van der Waals surface area contributed by atoms with E-state index >= 15 is 0 Å². The van der Waals surface area contributed by atoms with Gasteiger partial charge in [-0.1, -0.05) is 13.8 Å². The van der Waals surface area contributed by atoms with Crippen molar-refractivity contribution >= 4 is 5.91 Å². The summed E-state index contributed by atoms with van der Waals surface area (Å²) in [6.45, 7) is 6.55. The fraction of sp³-hybridized carbons (Fsp3) is 0.900. The Hall–Kier alpha value is -0.610. The summed E-state index contributed by atoms with van der Waals surface area (Å²) in [5.74, 6) is 0.312. The Balaban J connectivity index is 2.08. The monoisotopic (exact) mass is 201 g/mol. The molecule has 14 heavy (non-hydrogen) atoms. The van der Waals surface area contributed by atoms with Crippen LogP contribution < -0.4 is 0 Å². The van der Waals surface area contributed by atoms with Crippen LogP contribution >= 0.6 is 0 Å². The lowest BCUT2D eigenvalue weighted by molar-refractivity contribution is -0.149. The quantitative estimate of drug-likeness (QED) is 0.609. The summed E-state index contributed by atoms with van der Waals surface area (Å²) >= 11 is 0.